The van der Waals surface area contributed by atoms with Crippen molar-refractivity contribution in [1.82, 2.24) is 5.32 Å². The normalized spacial score (nSPS) is 10.5. The standard InChI is InChI=1S/C18H39N.Mg.2H/c1-3-5-7-9-11-13-15-17-19-18-16-14-12-10-8-6-4-2;;;/h19H,3-18H2,1-2H3;;;. The molecule has 0 aliphatic rings. The molecule has 120 valence electrons. The minimum Gasteiger partial charge on any atom is -0.317 e. The first-order chi connectivity index (χ1) is 9.41. The van der Waals surface area contributed by atoms with Gasteiger partial charge in [0.1, 0.15) is 0 Å². The lowest BCUT2D eigenvalue weighted by molar-refractivity contribution is 0.537. The molecule has 0 spiro atoms. The van der Waals surface area contributed by atoms with E-state index in [0.717, 1.165) is 0 Å². The third kappa shape index (κ3) is 21.0. The molecule has 0 aliphatic carbocycles. The summed E-state index contributed by atoms with van der Waals surface area (Å²) in [5.41, 5.74) is 0. The third-order valence-electron chi connectivity index (χ3n) is 3.91. The number of hydrogen-bond donors (Lipinski definition) is 1. The summed E-state index contributed by atoms with van der Waals surface area (Å²) in [6, 6.07) is 0. The van der Waals surface area contributed by atoms with Gasteiger partial charge in [-0.25, -0.2) is 0 Å². The second-order valence-electron chi connectivity index (χ2n) is 5.99. The van der Waals surface area contributed by atoms with E-state index < -0.39 is 0 Å². The fourth-order valence-electron chi connectivity index (χ4n) is 2.54. The Morgan fingerprint density at radius 2 is 0.750 bits per heavy atom. The number of unbranched alkanes of at least 4 members (excludes halogenated alkanes) is 12. The lowest BCUT2D eigenvalue weighted by Crippen LogP contribution is -2.16. The van der Waals surface area contributed by atoms with Crippen molar-refractivity contribution in [3.05, 3.63) is 0 Å². The summed E-state index contributed by atoms with van der Waals surface area (Å²) in [5.74, 6) is 0. The molecular formula is C18H41MgN. The Kier molecular flexibility index (Phi) is 25.3. The van der Waals surface area contributed by atoms with Gasteiger partial charge in [-0.15, -0.1) is 0 Å². The van der Waals surface area contributed by atoms with Crippen molar-refractivity contribution in [2.45, 2.75) is 104 Å². The molecule has 0 fully saturated rings. The third-order valence-corrected chi connectivity index (χ3v) is 3.91. The molecule has 0 unspecified atom stereocenters. The summed E-state index contributed by atoms with van der Waals surface area (Å²) in [6.07, 6.45) is 19.9. The van der Waals surface area contributed by atoms with Gasteiger partial charge < -0.3 is 5.32 Å². The van der Waals surface area contributed by atoms with Crippen LogP contribution in [0.3, 0.4) is 0 Å². The molecule has 0 rings (SSSR count). The smallest absolute Gasteiger partial charge is 0.316 e. The molecule has 20 heavy (non-hydrogen) atoms. The largest absolute Gasteiger partial charge is 0.317 e. The minimum atomic E-state index is 0. The van der Waals surface area contributed by atoms with Gasteiger partial charge in [0, 0.05) is 0 Å². The van der Waals surface area contributed by atoms with Crippen LogP contribution in [0.5, 0.6) is 0 Å². The van der Waals surface area contributed by atoms with E-state index in [0.29, 0.717) is 0 Å². The number of hydrogen-bond acceptors (Lipinski definition) is 1. The molecule has 0 radical (unpaired) electrons. The molecule has 0 saturated carbocycles. The first-order valence-electron chi connectivity index (χ1n) is 9.12. The molecule has 0 aromatic carbocycles. The highest BCUT2D eigenvalue weighted by atomic mass is 24.3. The van der Waals surface area contributed by atoms with Crippen LogP contribution in [-0.2, 0) is 0 Å². The van der Waals surface area contributed by atoms with Gasteiger partial charge in [0.2, 0.25) is 0 Å². The molecule has 1 N–H and O–H groups in total. The minimum absolute atomic E-state index is 0. The van der Waals surface area contributed by atoms with Crippen LogP contribution in [0, 0.1) is 0 Å². The van der Waals surface area contributed by atoms with Crippen LogP contribution in [-0.4, -0.2) is 36.1 Å². The SMILES string of the molecule is CCCCCCCCCNCCCCCCCCC.[MgH2]. The monoisotopic (exact) mass is 295 g/mol. The molecule has 0 aromatic heterocycles. The zero-order valence-electron chi connectivity index (χ0n) is 13.8. The van der Waals surface area contributed by atoms with Crippen molar-refractivity contribution >= 4 is 23.1 Å². The maximum Gasteiger partial charge on any atom is 0.316 e. The maximum atomic E-state index is 3.59. The van der Waals surface area contributed by atoms with Crippen LogP contribution in [0.25, 0.3) is 0 Å². The topological polar surface area (TPSA) is 12.0 Å². The Bertz CT molecular complexity index is 134. The Hall–Kier alpha value is 0.726. The van der Waals surface area contributed by atoms with E-state index in [4.69, 9.17) is 0 Å². The molecule has 0 aliphatic heterocycles. The van der Waals surface area contributed by atoms with E-state index in [-0.39, 0.29) is 23.1 Å². The summed E-state index contributed by atoms with van der Waals surface area (Å²) in [6.45, 7) is 7.05. The average Bonchev–Trinajstić information content (AvgIpc) is 2.43. The summed E-state index contributed by atoms with van der Waals surface area (Å²) < 4.78 is 0. The molecule has 0 bridgehead atoms. The summed E-state index contributed by atoms with van der Waals surface area (Å²) in [5, 5.41) is 3.59. The zero-order valence-corrected chi connectivity index (χ0v) is 13.8. The molecule has 0 saturated heterocycles. The van der Waals surface area contributed by atoms with Crippen molar-refractivity contribution in [2.24, 2.45) is 0 Å². The van der Waals surface area contributed by atoms with Crippen LogP contribution in [0.4, 0.5) is 0 Å². The van der Waals surface area contributed by atoms with Crippen molar-refractivity contribution in [1.29, 1.82) is 0 Å². The molecule has 2 heteroatoms. The van der Waals surface area contributed by atoms with Crippen molar-refractivity contribution in [2.75, 3.05) is 13.1 Å². The van der Waals surface area contributed by atoms with E-state index in [2.05, 4.69) is 19.2 Å². The van der Waals surface area contributed by atoms with Crippen molar-refractivity contribution < 1.29 is 0 Å². The van der Waals surface area contributed by atoms with E-state index in [1.807, 2.05) is 0 Å². The van der Waals surface area contributed by atoms with Gasteiger partial charge in [-0.2, -0.15) is 0 Å². The Labute approximate surface area is 145 Å². The highest BCUT2D eigenvalue weighted by Gasteiger charge is 1.93. The fourth-order valence-corrected chi connectivity index (χ4v) is 2.54. The zero-order chi connectivity index (χ0) is 14.0. The Morgan fingerprint density at radius 3 is 1.10 bits per heavy atom. The highest BCUT2D eigenvalue weighted by molar-refractivity contribution is 5.75. The second-order valence-corrected chi connectivity index (χ2v) is 5.99. The number of rotatable bonds is 16. The fraction of sp³-hybridized carbons (Fsp3) is 1.00. The molecular weight excluding hydrogens is 255 g/mol. The van der Waals surface area contributed by atoms with Crippen LogP contribution in [0.2, 0.25) is 0 Å². The Balaban J connectivity index is 0. The van der Waals surface area contributed by atoms with E-state index in [9.17, 15) is 0 Å². The van der Waals surface area contributed by atoms with Gasteiger partial charge in [0.05, 0.1) is 0 Å². The average molecular weight is 296 g/mol. The van der Waals surface area contributed by atoms with Gasteiger partial charge in [-0.3, -0.25) is 0 Å². The quantitative estimate of drug-likeness (QED) is 0.306. The van der Waals surface area contributed by atoms with E-state index in [1.165, 1.54) is 103 Å². The molecule has 0 amide bonds. The van der Waals surface area contributed by atoms with Crippen molar-refractivity contribution in [3.63, 3.8) is 0 Å². The molecule has 0 aromatic rings. The van der Waals surface area contributed by atoms with Gasteiger partial charge in [0.15, 0.2) is 0 Å². The van der Waals surface area contributed by atoms with Gasteiger partial charge >= 0.3 is 23.1 Å². The highest BCUT2D eigenvalue weighted by Crippen LogP contribution is 2.07. The van der Waals surface area contributed by atoms with E-state index >= 15 is 0 Å². The van der Waals surface area contributed by atoms with Crippen LogP contribution in [0.1, 0.15) is 104 Å². The first-order valence-corrected chi connectivity index (χ1v) is 9.12. The second kappa shape index (κ2) is 22.0. The molecule has 0 heterocycles. The Morgan fingerprint density at radius 1 is 0.450 bits per heavy atom. The van der Waals surface area contributed by atoms with Gasteiger partial charge in [0.25, 0.3) is 0 Å². The van der Waals surface area contributed by atoms with E-state index in [1.54, 1.807) is 0 Å². The van der Waals surface area contributed by atoms with Gasteiger partial charge in [-0.05, 0) is 25.9 Å². The molecule has 0 atom stereocenters. The predicted octanol–water partition coefficient (Wildman–Crippen LogP) is 5.16. The van der Waals surface area contributed by atoms with Gasteiger partial charge in [-0.1, -0.05) is 90.9 Å². The summed E-state index contributed by atoms with van der Waals surface area (Å²) in [4.78, 5) is 0. The summed E-state index contributed by atoms with van der Waals surface area (Å²) in [7, 11) is 0. The lowest BCUT2D eigenvalue weighted by atomic mass is 10.1. The predicted molar refractivity (Wildman–Crippen MR) is 97.4 cm³/mol. The van der Waals surface area contributed by atoms with Crippen LogP contribution < -0.4 is 5.32 Å². The molecule has 1 nitrogen and oxygen atoms in total. The first kappa shape index (κ1) is 23.0. The van der Waals surface area contributed by atoms with Crippen LogP contribution in [0.15, 0.2) is 0 Å². The summed E-state index contributed by atoms with van der Waals surface area (Å²) >= 11 is 0. The van der Waals surface area contributed by atoms with Crippen LogP contribution >= 0.6 is 0 Å². The maximum absolute atomic E-state index is 3.59. The number of nitrogens with one attached hydrogen (secondary N) is 1. The van der Waals surface area contributed by atoms with Crippen molar-refractivity contribution in [3.8, 4) is 0 Å². The lowest BCUT2D eigenvalue weighted by Gasteiger charge is -2.05.